The molecule has 2 aromatic rings. The van der Waals surface area contributed by atoms with E-state index < -0.39 is 17.4 Å². The molecule has 0 spiro atoms. The maximum atomic E-state index is 13.4. The summed E-state index contributed by atoms with van der Waals surface area (Å²) in [6.07, 6.45) is -0.104. The van der Waals surface area contributed by atoms with Crippen molar-refractivity contribution in [2.75, 3.05) is 7.11 Å². The lowest BCUT2D eigenvalue weighted by Crippen LogP contribution is -2.47. The normalized spacial score (nSPS) is 24.3. The highest BCUT2D eigenvalue weighted by atomic mass is 19.4. The van der Waals surface area contributed by atoms with Crippen molar-refractivity contribution < 1.29 is 27.8 Å². The van der Waals surface area contributed by atoms with E-state index in [1.54, 1.807) is 19.2 Å². The average molecular weight is 487 g/mol. The maximum Gasteiger partial charge on any atom is 0.421 e. The molecule has 5 nitrogen and oxygen atoms in total. The minimum atomic E-state index is -4.82. The Hall–Kier alpha value is -2.89. The van der Waals surface area contributed by atoms with Crippen LogP contribution in [0, 0.1) is 11.3 Å². The third-order valence-corrected chi connectivity index (χ3v) is 7.51. The average Bonchev–Trinajstić information content (AvgIpc) is 3.69. The van der Waals surface area contributed by atoms with Gasteiger partial charge in [-0.25, -0.2) is 0 Å². The summed E-state index contributed by atoms with van der Waals surface area (Å²) >= 11 is 0. The molecule has 2 fully saturated rings. The fourth-order valence-electron chi connectivity index (χ4n) is 5.04. The Labute approximate surface area is 203 Å². The number of benzene rings is 2. The van der Waals surface area contributed by atoms with Gasteiger partial charge >= 0.3 is 6.18 Å². The van der Waals surface area contributed by atoms with Gasteiger partial charge in [0, 0.05) is 24.8 Å². The van der Waals surface area contributed by atoms with Crippen LogP contribution in [0.3, 0.4) is 0 Å². The topological polar surface area (TPSA) is 73.6 Å². The molecule has 1 atom stereocenters. The molecule has 0 aromatic heterocycles. The van der Waals surface area contributed by atoms with Crippen LogP contribution in [0.5, 0.6) is 0 Å². The molecule has 2 aromatic carbocycles. The van der Waals surface area contributed by atoms with Crippen LogP contribution in [0.1, 0.15) is 72.5 Å². The number of ether oxygens (including phenoxy) is 1. The smallest absolute Gasteiger partial charge is 0.376 e. The third-order valence-electron chi connectivity index (χ3n) is 7.51. The minimum Gasteiger partial charge on any atom is -0.376 e. The van der Waals surface area contributed by atoms with Gasteiger partial charge in [0.2, 0.25) is 0 Å². The first kappa shape index (κ1) is 25.2. The fraction of sp³-hybridized carbons (Fsp3) is 0.481. The molecule has 0 unspecified atom stereocenters. The van der Waals surface area contributed by atoms with Crippen LogP contribution in [0.15, 0.2) is 48.5 Å². The van der Waals surface area contributed by atoms with Gasteiger partial charge in [0.1, 0.15) is 0 Å². The third kappa shape index (κ3) is 4.80. The SMILES string of the molecule is CO[C@]1(c2ccc(C#N)cc2)CC[C@H](N(C(=O)c2ccc([C@](C)(O)C(F)(F)F)cc2)C2CC2)CC1. The van der Waals surface area contributed by atoms with E-state index >= 15 is 0 Å². The van der Waals surface area contributed by atoms with Gasteiger partial charge in [-0.15, -0.1) is 0 Å². The lowest BCUT2D eigenvalue weighted by Gasteiger charge is -2.43. The van der Waals surface area contributed by atoms with Crippen LogP contribution in [0.25, 0.3) is 0 Å². The van der Waals surface area contributed by atoms with Crippen LogP contribution >= 0.6 is 0 Å². The zero-order valence-electron chi connectivity index (χ0n) is 19.8. The van der Waals surface area contributed by atoms with Crippen molar-refractivity contribution in [3.05, 3.63) is 70.8 Å². The summed E-state index contributed by atoms with van der Waals surface area (Å²) in [5.41, 5.74) is -1.86. The van der Waals surface area contributed by atoms with E-state index in [-0.39, 0.29) is 23.6 Å². The molecular formula is C27H29F3N2O3. The lowest BCUT2D eigenvalue weighted by atomic mass is 9.76. The standard InChI is InChI=1S/C27H29F3N2O3/c1-25(34,27(28,29)30)20-9-5-19(6-10-20)24(33)32(22-11-12-22)23-13-15-26(35-2,16-14-23)21-7-3-18(17-31)4-8-21/h3-10,22-23,34H,11-16H2,1-2H3/t23-,25-,26+/m0/s1. The van der Waals surface area contributed by atoms with Crippen molar-refractivity contribution in [1.29, 1.82) is 5.26 Å². The van der Waals surface area contributed by atoms with Crippen molar-refractivity contribution in [3.8, 4) is 6.07 Å². The molecule has 186 valence electrons. The quantitative estimate of drug-likeness (QED) is 0.592. The Morgan fingerprint density at radius 3 is 2.03 bits per heavy atom. The predicted octanol–water partition coefficient (Wildman–Crippen LogP) is 5.42. The van der Waals surface area contributed by atoms with Gasteiger partial charge in [-0.3, -0.25) is 4.79 Å². The summed E-state index contributed by atoms with van der Waals surface area (Å²) in [4.78, 5) is 15.3. The molecule has 35 heavy (non-hydrogen) atoms. The number of rotatable bonds is 6. The zero-order chi connectivity index (χ0) is 25.4. The van der Waals surface area contributed by atoms with Crippen molar-refractivity contribution in [2.45, 2.75) is 74.9 Å². The number of hydrogen-bond acceptors (Lipinski definition) is 4. The first-order chi connectivity index (χ1) is 16.5. The van der Waals surface area contributed by atoms with E-state index in [2.05, 4.69) is 6.07 Å². The molecule has 0 heterocycles. The van der Waals surface area contributed by atoms with Crippen LogP contribution in [-0.2, 0) is 15.9 Å². The van der Waals surface area contributed by atoms with E-state index in [0.29, 0.717) is 30.9 Å². The molecule has 4 rings (SSSR count). The molecule has 1 amide bonds. The van der Waals surface area contributed by atoms with E-state index in [9.17, 15) is 23.1 Å². The second kappa shape index (κ2) is 9.29. The highest BCUT2D eigenvalue weighted by Gasteiger charge is 2.51. The zero-order valence-corrected chi connectivity index (χ0v) is 19.8. The number of halogens is 3. The van der Waals surface area contributed by atoms with Crippen molar-refractivity contribution in [2.24, 2.45) is 0 Å². The molecular weight excluding hydrogens is 457 g/mol. The number of alkyl halides is 3. The van der Waals surface area contributed by atoms with Gasteiger partial charge in [-0.2, -0.15) is 18.4 Å². The van der Waals surface area contributed by atoms with E-state index in [0.717, 1.165) is 31.2 Å². The number of aliphatic hydroxyl groups is 1. The number of nitriles is 1. The number of methoxy groups -OCH3 is 1. The molecule has 2 aliphatic rings. The Morgan fingerprint density at radius 2 is 1.57 bits per heavy atom. The summed E-state index contributed by atoms with van der Waals surface area (Å²) in [7, 11) is 1.68. The number of amides is 1. The molecule has 2 saturated carbocycles. The van der Waals surface area contributed by atoms with Gasteiger partial charge in [0.25, 0.3) is 5.91 Å². The van der Waals surface area contributed by atoms with Gasteiger partial charge < -0.3 is 14.7 Å². The van der Waals surface area contributed by atoms with Crippen LogP contribution < -0.4 is 0 Å². The molecule has 0 aliphatic heterocycles. The molecule has 0 saturated heterocycles. The largest absolute Gasteiger partial charge is 0.421 e. The molecule has 1 N–H and O–H groups in total. The molecule has 2 aliphatic carbocycles. The van der Waals surface area contributed by atoms with Gasteiger partial charge in [0.05, 0.1) is 17.2 Å². The number of nitrogens with zero attached hydrogens (tertiary/aromatic N) is 2. The first-order valence-electron chi connectivity index (χ1n) is 11.8. The molecule has 8 heteroatoms. The number of carbonyl (C=O) groups excluding carboxylic acids is 1. The van der Waals surface area contributed by atoms with Crippen molar-refractivity contribution in [1.82, 2.24) is 4.90 Å². The Bertz CT molecular complexity index is 1090. The van der Waals surface area contributed by atoms with Crippen LogP contribution in [0.2, 0.25) is 0 Å². The van der Waals surface area contributed by atoms with Crippen molar-refractivity contribution in [3.63, 3.8) is 0 Å². The van der Waals surface area contributed by atoms with Crippen molar-refractivity contribution >= 4 is 5.91 Å². The van der Waals surface area contributed by atoms with Gasteiger partial charge in [0.15, 0.2) is 5.60 Å². The second-order valence-electron chi connectivity index (χ2n) is 9.71. The summed E-state index contributed by atoms with van der Waals surface area (Å²) < 4.78 is 45.5. The number of carbonyl (C=O) groups is 1. The Balaban J connectivity index is 1.50. The first-order valence-corrected chi connectivity index (χ1v) is 11.8. The Kier molecular flexibility index (Phi) is 6.69. The summed E-state index contributed by atoms with van der Waals surface area (Å²) in [5.74, 6) is -0.195. The minimum absolute atomic E-state index is 0.00890. The molecule has 0 radical (unpaired) electrons. The highest BCUT2D eigenvalue weighted by molar-refractivity contribution is 5.95. The summed E-state index contributed by atoms with van der Waals surface area (Å²) in [5, 5.41) is 19.0. The highest BCUT2D eigenvalue weighted by Crippen LogP contribution is 2.44. The summed E-state index contributed by atoms with van der Waals surface area (Å²) in [6, 6.07) is 14.7. The van der Waals surface area contributed by atoms with E-state index in [1.165, 1.54) is 24.3 Å². The van der Waals surface area contributed by atoms with Crippen LogP contribution in [-0.4, -0.2) is 41.3 Å². The van der Waals surface area contributed by atoms with Gasteiger partial charge in [-0.1, -0.05) is 24.3 Å². The monoisotopic (exact) mass is 486 g/mol. The summed E-state index contributed by atoms with van der Waals surface area (Å²) in [6.45, 7) is 0.707. The second-order valence-corrected chi connectivity index (χ2v) is 9.71. The van der Waals surface area contributed by atoms with Gasteiger partial charge in [-0.05, 0) is 80.8 Å². The molecule has 0 bridgehead atoms. The number of hydrogen-bond donors (Lipinski definition) is 1. The lowest BCUT2D eigenvalue weighted by molar-refractivity contribution is -0.258. The predicted molar refractivity (Wildman–Crippen MR) is 123 cm³/mol. The van der Waals surface area contributed by atoms with E-state index in [4.69, 9.17) is 10.00 Å². The maximum absolute atomic E-state index is 13.4. The fourth-order valence-corrected chi connectivity index (χ4v) is 5.04. The van der Waals surface area contributed by atoms with Crippen LogP contribution in [0.4, 0.5) is 13.2 Å². The van der Waals surface area contributed by atoms with E-state index in [1.807, 2.05) is 17.0 Å². The Morgan fingerprint density at radius 1 is 1.03 bits per heavy atom.